The minimum Gasteiger partial charge on any atom is -0.490 e. The lowest BCUT2D eigenvalue weighted by Gasteiger charge is -2.21. The van der Waals surface area contributed by atoms with Gasteiger partial charge in [0.1, 0.15) is 18.2 Å². The van der Waals surface area contributed by atoms with E-state index < -0.39 is 6.67 Å². The second-order valence-electron chi connectivity index (χ2n) is 7.77. The Morgan fingerprint density at radius 1 is 1.36 bits per heavy atom. The van der Waals surface area contributed by atoms with Gasteiger partial charge in [0.2, 0.25) is 0 Å². The summed E-state index contributed by atoms with van der Waals surface area (Å²) >= 11 is 0. The van der Waals surface area contributed by atoms with Crippen LogP contribution in [0, 0.1) is 12.8 Å². The maximum atomic E-state index is 12.7. The highest BCUT2D eigenvalue weighted by molar-refractivity contribution is 5.92. The van der Waals surface area contributed by atoms with Crippen molar-refractivity contribution in [1.82, 2.24) is 14.3 Å². The number of carbonyl (C=O) groups is 1. The topological polar surface area (TPSA) is 49.1 Å². The van der Waals surface area contributed by atoms with Gasteiger partial charge in [0.05, 0.1) is 23.6 Å². The zero-order valence-corrected chi connectivity index (χ0v) is 16.6. The predicted octanol–water partition coefficient (Wildman–Crippen LogP) is 4.46. The van der Waals surface area contributed by atoms with Crippen molar-refractivity contribution in [1.29, 1.82) is 0 Å². The normalized spacial score (nSPS) is 18.1. The van der Waals surface area contributed by atoms with Gasteiger partial charge in [0.25, 0.3) is 0 Å². The van der Waals surface area contributed by atoms with Crippen molar-refractivity contribution in [2.24, 2.45) is 13.0 Å². The Bertz CT molecular complexity index is 1020. The van der Waals surface area contributed by atoms with E-state index >= 15 is 0 Å². The molecule has 2 atom stereocenters. The monoisotopic (exact) mass is 383 g/mol. The first-order valence-corrected chi connectivity index (χ1v) is 9.84. The smallest absolute Gasteiger partial charge is 0.133 e. The van der Waals surface area contributed by atoms with Gasteiger partial charge in [-0.3, -0.25) is 9.48 Å². The summed E-state index contributed by atoms with van der Waals surface area (Å²) < 4.78 is 22.8. The summed E-state index contributed by atoms with van der Waals surface area (Å²) in [4.78, 5) is 11.7. The Hall–Kier alpha value is -2.63. The molecule has 1 saturated carbocycles. The molecule has 5 nitrogen and oxygen atoms in total. The number of nitrogens with zero attached hydrogens (tertiary/aromatic N) is 3. The first-order chi connectivity index (χ1) is 13.5. The van der Waals surface area contributed by atoms with Crippen LogP contribution in [-0.2, 0) is 18.4 Å². The zero-order valence-electron chi connectivity index (χ0n) is 16.6. The third-order valence-corrected chi connectivity index (χ3v) is 5.87. The molecule has 1 aliphatic rings. The molecule has 2 heterocycles. The average Bonchev–Trinajstić information content (AvgIpc) is 3.36. The molecule has 1 aromatic carbocycles. The molecule has 0 aliphatic heterocycles. The van der Waals surface area contributed by atoms with E-state index in [2.05, 4.69) is 5.10 Å². The average molecular weight is 383 g/mol. The summed E-state index contributed by atoms with van der Waals surface area (Å²) in [5.41, 5.74) is 3.92. The maximum absolute atomic E-state index is 12.7. The Labute approximate surface area is 164 Å². The fourth-order valence-electron chi connectivity index (χ4n) is 4.09. The Morgan fingerprint density at radius 2 is 2.18 bits per heavy atom. The molecule has 0 bridgehead atoms. The molecule has 0 amide bonds. The number of ether oxygens (including phenoxy) is 1. The number of Topliss-reactive ketones (excluding diaryl/α,β-unsaturated/α-hetero) is 1. The minimum absolute atomic E-state index is 0.0411. The Balaban J connectivity index is 1.73. The van der Waals surface area contributed by atoms with E-state index in [0.29, 0.717) is 25.2 Å². The minimum atomic E-state index is -0.390. The van der Waals surface area contributed by atoms with Gasteiger partial charge in [-0.15, -0.1) is 0 Å². The second kappa shape index (κ2) is 7.41. The molecule has 1 aliphatic carbocycles. The molecule has 0 unspecified atom stereocenters. The van der Waals surface area contributed by atoms with Crippen molar-refractivity contribution in [3.05, 3.63) is 36.3 Å². The van der Waals surface area contributed by atoms with Crippen LogP contribution >= 0.6 is 0 Å². The van der Waals surface area contributed by atoms with Crippen LogP contribution < -0.4 is 4.74 Å². The molecule has 0 N–H and O–H groups in total. The van der Waals surface area contributed by atoms with Gasteiger partial charge >= 0.3 is 0 Å². The van der Waals surface area contributed by atoms with Crippen molar-refractivity contribution < 1.29 is 13.9 Å². The SMILES string of the molecule is Cc1c2c(O[C@H](C)[C@H]3CCC(=O)C3)cc(-c3ccn(CCF)c3)cc2nn1C. The summed E-state index contributed by atoms with van der Waals surface area (Å²) in [5, 5.41) is 5.64. The first kappa shape index (κ1) is 18.7. The van der Waals surface area contributed by atoms with Crippen molar-refractivity contribution in [3.8, 4) is 16.9 Å². The number of hydrogen-bond acceptors (Lipinski definition) is 3. The lowest BCUT2D eigenvalue weighted by atomic mass is 10.0. The quantitative estimate of drug-likeness (QED) is 0.632. The van der Waals surface area contributed by atoms with E-state index in [0.717, 1.165) is 39.9 Å². The molecular formula is C22H26FN3O2. The molecule has 148 valence electrons. The van der Waals surface area contributed by atoms with E-state index in [1.807, 2.05) is 60.7 Å². The van der Waals surface area contributed by atoms with Gasteiger partial charge in [-0.25, -0.2) is 4.39 Å². The summed E-state index contributed by atoms with van der Waals surface area (Å²) in [6.07, 6.45) is 5.93. The number of fused-ring (bicyclic) bond motifs is 1. The van der Waals surface area contributed by atoms with Crippen LogP contribution in [0.3, 0.4) is 0 Å². The number of hydrogen-bond donors (Lipinski definition) is 0. The largest absolute Gasteiger partial charge is 0.490 e. The number of ketones is 1. The highest BCUT2D eigenvalue weighted by atomic mass is 19.1. The number of aryl methyl sites for hydroxylation is 3. The van der Waals surface area contributed by atoms with E-state index in [1.165, 1.54) is 0 Å². The van der Waals surface area contributed by atoms with Crippen molar-refractivity contribution >= 4 is 16.7 Å². The fourth-order valence-corrected chi connectivity index (χ4v) is 4.09. The molecule has 2 aromatic heterocycles. The van der Waals surface area contributed by atoms with Gasteiger partial charge in [-0.2, -0.15) is 5.10 Å². The van der Waals surface area contributed by atoms with E-state index in [9.17, 15) is 9.18 Å². The molecule has 3 aromatic rings. The zero-order chi connectivity index (χ0) is 19.8. The van der Waals surface area contributed by atoms with Crippen LogP contribution in [0.1, 0.15) is 31.9 Å². The van der Waals surface area contributed by atoms with Crippen LogP contribution in [0.25, 0.3) is 22.0 Å². The van der Waals surface area contributed by atoms with E-state index in [4.69, 9.17) is 4.74 Å². The molecule has 6 heteroatoms. The van der Waals surface area contributed by atoms with Crippen LogP contribution in [0.4, 0.5) is 4.39 Å². The third kappa shape index (κ3) is 3.43. The van der Waals surface area contributed by atoms with Gasteiger partial charge in [0, 0.05) is 43.9 Å². The number of halogens is 1. The van der Waals surface area contributed by atoms with Crippen LogP contribution in [0.5, 0.6) is 5.75 Å². The molecule has 1 fully saturated rings. The molecule has 4 rings (SSSR count). The number of alkyl halides is 1. The maximum Gasteiger partial charge on any atom is 0.133 e. The number of aromatic nitrogens is 3. The molecule has 0 spiro atoms. The molecule has 0 saturated heterocycles. The lowest BCUT2D eigenvalue weighted by Crippen LogP contribution is -2.22. The van der Waals surface area contributed by atoms with Crippen molar-refractivity contribution in [2.45, 2.75) is 45.8 Å². The van der Waals surface area contributed by atoms with Gasteiger partial charge in [-0.05, 0) is 49.6 Å². The summed E-state index contributed by atoms with van der Waals surface area (Å²) in [5.74, 6) is 1.38. The van der Waals surface area contributed by atoms with Gasteiger partial charge in [-0.1, -0.05) is 0 Å². The highest BCUT2D eigenvalue weighted by Crippen LogP contribution is 2.36. The Kier molecular flexibility index (Phi) is 4.96. The van der Waals surface area contributed by atoms with Crippen molar-refractivity contribution in [2.75, 3.05) is 6.67 Å². The lowest BCUT2D eigenvalue weighted by molar-refractivity contribution is -0.117. The third-order valence-electron chi connectivity index (χ3n) is 5.87. The standard InChI is InChI=1S/C22H26FN3O2/c1-14-22-20(24-25(14)3)11-18(17-6-8-26(13-17)9-7-23)12-21(22)28-15(2)16-4-5-19(27)10-16/h6,8,11-13,15-16H,4-5,7,9-10H2,1-3H3/t15-,16+/m1/s1. The first-order valence-electron chi connectivity index (χ1n) is 9.84. The summed E-state index contributed by atoms with van der Waals surface area (Å²) in [7, 11) is 1.93. The Morgan fingerprint density at radius 3 is 2.89 bits per heavy atom. The number of carbonyl (C=O) groups excluding carboxylic acids is 1. The summed E-state index contributed by atoms with van der Waals surface area (Å²) in [6.45, 7) is 4.04. The van der Waals surface area contributed by atoms with Crippen LogP contribution in [-0.4, -0.2) is 32.9 Å². The van der Waals surface area contributed by atoms with Gasteiger partial charge < -0.3 is 9.30 Å². The summed E-state index contributed by atoms with van der Waals surface area (Å²) in [6, 6.07) is 6.07. The highest BCUT2D eigenvalue weighted by Gasteiger charge is 2.29. The second-order valence-corrected chi connectivity index (χ2v) is 7.77. The number of benzene rings is 1. The number of rotatable bonds is 6. The van der Waals surface area contributed by atoms with E-state index in [-0.39, 0.29) is 12.0 Å². The van der Waals surface area contributed by atoms with Crippen molar-refractivity contribution in [3.63, 3.8) is 0 Å². The van der Waals surface area contributed by atoms with Gasteiger partial charge in [0.15, 0.2) is 0 Å². The predicted molar refractivity (Wildman–Crippen MR) is 107 cm³/mol. The molecule has 0 radical (unpaired) electrons. The van der Waals surface area contributed by atoms with Crippen LogP contribution in [0.15, 0.2) is 30.6 Å². The molecular weight excluding hydrogens is 357 g/mol. The van der Waals surface area contributed by atoms with E-state index in [1.54, 1.807) is 0 Å². The fraction of sp³-hybridized carbons (Fsp3) is 0.455. The van der Waals surface area contributed by atoms with Crippen LogP contribution in [0.2, 0.25) is 0 Å². The molecule has 28 heavy (non-hydrogen) atoms.